The molecule has 16 nitrogen and oxygen atoms in total. The van der Waals surface area contributed by atoms with Crippen molar-refractivity contribution in [1.29, 1.82) is 0 Å². The summed E-state index contributed by atoms with van der Waals surface area (Å²) in [5, 5.41) is 30.5. The second-order valence-corrected chi connectivity index (χ2v) is 11.2. The molecule has 2 amide bonds. The molecule has 0 saturated carbocycles. The van der Waals surface area contributed by atoms with E-state index in [0.717, 1.165) is 6.42 Å². The number of morpholine rings is 2. The van der Waals surface area contributed by atoms with Crippen molar-refractivity contribution in [2.24, 2.45) is 0 Å². The van der Waals surface area contributed by atoms with E-state index < -0.39 is 16.6 Å². The monoisotopic (exact) mass is 672 g/mol. The van der Waals surface area contributed by atoms with E-state index in [0.29, 0.717) is 88.0 Å². The normalized spacial score (nSPS) is 14.9. The molecule has 0 unspecified atom stereocenters. The summed E-state index contributed by atoms with van der Waals surface area (Å²) >= 11 is 0. The first-order chi connectivity index (χ1) is 23.1. The van der Waals surface area contributed by atoms with E-state index >= 15 is 4.39 Å². The largest absolute Gasteiger partial charge is 0.397 e. The zero-order valence-electron chi connectivity index (χ0n) is 26.7. The van der Waals surface area contributed by atoms with Crippen molar-refractivity contribution in [1.82, 2.24) is 20.4 Å². The number of amides is 2. The molecule has 2 aromatic carbocycles. The number of nitrogens with one attached hydrogen (secondary N) is 4. The van der Waals surface area contributed by atoms with Gasteiger partial charge < -0.3 is 35.6 Å². The Balaban J connectivity index is 0.000000188. The molecule has 18 heteroatoms. The molecule has 4 aromatic rings. The lowest BCUT2D eigenvalue weighted by Gasteiger charge is -2.30. The molecule has 4 heterocycles. The molecule has 6 N–H and O–H groups in total. The SMILES string of the molecule is CCCC(=O)Nc1n[nH]c2c(F)c(N3CCOCC3)c(N)cc12.CCCC(=O)Nc1n[nH]c2c(F)c(N3CCOCC3)c([N+](=O)[O-])cc12. The minimum Gasteiger partial charge on any atom is -0.397 e. The number of ether oxygens (including phenoxy) is 2. The van der Waals surface area contributed by atoms with E-state index in [2.05, 4.69) is 31.0 Å². The Morgan fingerprint density at radius 1 is 0.854 bits per heavy atom. The quantitative estimate of drug-likeness (QED) is 0.0973. The van der Waals surface area contributed by atoms with Crippen molar-refractivity contribution >= 4 is 68.0 Å². The lowest BCUT2D eigenvalue weighted by Crippen LogP contribution is -2.37. The van der Waals surface area contributed by atoms with Crippen LogP contribution in [0, 0.1) is 21.7 Å². The van der Waals surface area contributed by atoms with Crippen LogP contribution in [-0.2, 0) is 19.1 Å². The number of fused-ring (bicyclic) bond motifs is 2. The minimum atomic E-state index is -0.755. The highest BCUT2D eigenvalue weighted by Gasteiger charge is 2.30. The lowest BCUT2D eigenvalue weighted by atomic mass is 10.1. The van der Waals surface area contributed by atoms with Gasteiger partial charge in [-0.15, -0.1) is 0 Å². The number of anilines is 5. The molecule has 2 aliphatic rings. The molecular weight excluding hydrogens is 634 g/mol. The Morgan fingerprint density at radius 2 is 1.29 bits per heavy atom. The van der Waals surface area contributed by atoms with Gasteiger partial charge in [-0.25, -0.2) is 8.78 Å². The Morgan fingerprint density at radius 3 is 1.75 bits per heavy atom. The zero-order valence-corrected chi connectivity index (χ0v) is 26.7. The molecule has 0 bridgehead atoms. The fourth-order valence-corrected chi connectivity index (χ4v) is 5.59. The number of nitrogen functional groups attached to an aromatic ring is 1. The molecule has 0 spiro atoms. The number of rotatable bonds is 9. The maximum absolute atomic E-state index is 15.0. The third-order valence-corrected chi connectivity index (χ3v) is 7.88. The number of hydrogen-bond acceptors (Lipinski definition) is 11. The highest BCUT2D eigenvalue weighted by molar-refractivity contribution is 6.03. The van der Waals surface area contributed by atoms with Gasteiger partial charge in [0, 0.05) is 50.5 Å². The van der Waals surface area contributed by atoms with Crippen molar-refractivity contribution in [3.05, 3.63) is 33.9 Å². The molecule has 0 aliphatic carbocycles. The predicted octanol–water partition coefficient (Wildman–Crippen LogP) is 4.04. The maximum Gasteiger partial charge on any atom is 0.296 e. The fourth-order valence-electron chi connectivity index (χ4n) is 5.59. The number of halogens is 2. The summed E-state index contributed by atoms with van der Waals surface area (Å²) in [7, 11) is 0. The summed E-state index contributed by atoms with van der Waals surface area (Å²) in [6.45, 7) is 7.47. The number of carbonyl (C=O) groups excluding carboxylic acids is 2. The van der Waals surface area contributed by atoms with Crippen LogP contribution in [0.15, 0.2) is 12.1 Å². The van der Waals surface area contributed by atoms with Gasteiger partial charge in [0.1, 0.15) is 11.0 Å². The molecule has 2 saturated heterocycles. The summed E-state index contributed by atoms with van der Waals surface area (Å²) in [5.74, 6) is -1.25. The van der Waals surface area contributed by atoms with Gasteiger partial charge in [0.2, 0.25) is 11.8 Å². The molecule has 48 heavy (non-hydrogen) atoms. The average molecular weight is 673 g/mol. The molecule has 6 rings (SSSR count). The first-order valence-corrected chi connectivity index (χ1v) is 15.7. The van der Waals surface area contributed by atoms with Crippen LogP contribution in [0.2, 0.25) is 0 Å². The Hall–Kier alpha value is -5.10. The van der Waals surface area contributed by atoms with E-state index in [1.54, 1.807) is 11.0 Å². The lowest BCUT2D eigenvalue weighted by molar-refractivity contribution is -0.384. The van der Waals surface area contributed by atoms with Crippen LogP contribution < -0.4 is 26.2 Å². The van der Waals surface area contributed by atoms with Gasteiger partial charge in [-0.3, -0.25) is 29.9 Å². The number of carbonyl (C=O) groups is 2. The number of nitrogens with zero attached hydrogens (tertiary/aromatic N) is 5. The van der Waals surface area contributed by atoms with Gasteiger partial charge in [0.05, 0.1) is 48.1 Å². The standard InChI is InChI=1S/C15H18FN5O4.C15H20FN5O2/c1-2-3-11(22)17-15-9-8-10(21(23)24)14(12(16)13(9)18-19-15)20-4-6-25-7-5-20;1-2-3-11(22)18-15-9-8-10(17)14(12(16)13(9)19-20-15)21-4-6-23-7-5-21/h8H,2-7H2,1H3,(H2,17,18,19,22);8H,2-7,17H2,1H3,(H2,18,19,20,22). The van der Waals surface area contributed by atoms with Gasteiger partial charge >= 0.3 is 0 Å². The predicted molar refractivity (Wildman–Crippen MR) is 176 cm³/mol. The summed E-state index contributed by atoms with van der Waals surface area (Å²) in [4.78, 5) is 37.8. The summed E-state index contributed by atoms with van der Waals surface area (Å²) < 4.78 is 40.4. The molecule has 2 fully saturated rings. The van der Waals surface area contributed by atoms with Gasteiger partial charge in [-0.2, -0.15) is 10.2 Å². The Kier molecular flexibility index (Phi) is 10.8. The molecule has 0 radical (unpaired) electrons. The van der Waals surface area contributed by atoms with E-state index in [1.165, 1.54) is 6.07 Å². The smallest absolute Gasteiger partial charge is 0.296 e. The van der Waals surface area contributed by atoms with Crippen LogP contribution in [0.3, 0.4) is 0 Å². The highest BCUT2D eigenvalue weighted by atomic mass is 19.1. The number of H-pyrrole nitrogens is 2. The number of benzene rings is 2. The molecular formula is C30H38F2N10O6. The minimum absolute atomic E-state index is 0.0268. The van der Waals surface area contributed by atoms with Crippen LogP contribution in [0.5, 0.6) is 0 Å². The number of aromatic nitrogens is 4. The van der Waals surface area contributed by atoms with Gasteiger partial charge in [0.25, 0.3) is 5.69 Å². The third kappa shape index (κ3) is 7.23. The maximum atomic E-state index is 15.0. The van der Waals surface area contributed by atoms with Crippen molar-refractivity contribution in [2.75, 3.05) is 78.8 Å². The molecule has 0 atom stereocenters. The average Bonchev–Trinajstić information content (AvgIpc) is 3.66. The number of nitro benzene ring substituents is 1. The summed E-state index contributed by atoms with van der Waals surface area (Å²) in [5.41, 5.74) is 6.56. The van der Waals surface area contributed by atoms with Gasteiger partial charge in [0.15, 0.2) is 29.0 Å². The summed E-state index contributed by atoms with van der Waals surface area (Å²) in [6, 6.07) is 2.89. The zero-order chi connectivity index (χ0) is 34.4. The summed E-state index contributed by atoms with van der Waals surface area (Å²) in [6.07, 6.45) is 2.04. The first-order valence-electron chi connectivity index (χ1n) is 15.7. The fraction of sp³-hybridized carbons (Fsp3) is 0.467. The van der Waals surface area contributed by atoms with Gasteiger partial charge in [-0.1, -0.05) is 13.8 Å². The Bertz CT molecular complexity index is 1800. The molecule has 2 aliphatic heterocycles. The van der Waals surface area contributed by atoms with E-state index in [-0.39, 0.29) is 51.8 Å². The van der Waals surface area contributed by atoms with E-state index in [1.807, 2.05) is 18.7 Å². The van der Waals surface area contributed by atoms with Gasteiger partial charge in [-0.05, 0) is 18.9 Å². The van der Waals surface area contributed by atoms with Crippen LogP contribution in [-0.4, -0.2) is 89.7 Å². The first kappa shape index (κ1) is 34.2. The third-order valence-electron chi connectivity index (χ3n) is 7.88. The van der Waals surface area contributed by atoms with Crippen molar-refractivity contribution in [3.8, 4) is 0 Å². The van der Waals surface area contributed by atoms with Crippen LogP contribution >= 0.6 is 0 Å². The van der Waals surface area contributed by atoms with Crippen LogP contribution in [0.1, 0.15) is 39.5 Å². The van der Waals surface area contributed by atoms with Crippen molar-refractivity contribution in [2.45, 2.75) is 39.5 Å². The van der Waals surface area contributed by atoms with E-state index in [4.69, 9.17) is 15.2 Å². The number of nitro groups is 1. The topological polar surface area (TPSA) is 210 Å². The van der Waals surface area contributed by atoms with Crippen LogP contribution in [0.25, 0.3) is 21.8 Å². The van der Waals surface area contributed by atoms with Crippen molar-refractivity contribution in [3.63, 3.8) is 0 Å². The number of aromatic amines is 2. The Labute approximate surface area is 273 Å². The molecule has 2 aromatic heterocycles. The highest BCUT2D eigenvalue weighted by Crippen LogP contribution is 2.39. The second kappa shape index (κ2) is 15.2. The number of hydrogen-bond donors (Lipinski definition) is 5. The number of nitrogens with two attached hydrogens (primary N) is 1. The molecule has 258 valence electrons. The second-order valence-electron chi connectivity index (χ2n) is 11.2. The van der Waals surface area contributed by atoms with Crippen molar-refractivity contribution < 1.29 is 32.8 Å². The van der Waals surface area contributed by atoms with Crippen LogP contribution in [0.4, 0.5) is 43.2 Å². The van der Waals surface area contributed by atoms with E-state index in [9.17, 15) is 24.1 Å².